The predicted octanol–water partition coefficient (Wildman–Crippen LogP) is 2.53. The van der Waals surface area contributed by atoms with Gasteiger partial charge in [-0.05, 0) is 18.2 Å². The zero-order valence-corrected chi connectivity index (χ0v) is 10.9. The van der Waals surface area contributed by atoms with Crippen molar-refractivity contribution < 1.29 is 0 Å². The van der Waals surface area contributed by atoms with E-state index in [-0.39, 0.29) is 5.56 Å². The van der Waals surface area contributed by atoms with Crippen LogP contribution in [0.2, 0.25) is 0 Å². The largest absolute Gasteiger partial charge is 0.313 e. The normalized spacial score (nSPS) is 11.0. The summed E-state index contributed by atoms with van der Waals surface area (Å²) in [6.07, 6.45) is 3.20. The number of hydrogen-bond acceptors (Lipinski definition) is 4. The van der Waals surface area contributed by atoms with Crippen LogP contribution in [0, 0.1) is 0 Å². The maximum Gasteiger partial charge on any atom is 0.258 e. The van der Waals surface area contributed by atoms with Gasteiger partial charge in [-0.1, -0.05) is 24.3 Å². The first-order valence-corrected chi connectivity index (χ1v) is 6.51. The van der Waals surface area contributed by atoms with E-state index in [1.807, 2.05) is 36.4 Å². The second-order valence-electron chi connectivity index (χ2n) is 4.72. The summed E-state index contributed by atoms with van der Waals surface area (Å²) in [5.74, 6) is 0.623. The molecule has 0 aliphatic rings. The second kappa shape index (κ2) is 4.49. The molecule has 0 atom stereocenters. The van der Waals surface area contributed by atoms with Gasteiger partial charge in [0, 0.05) is 17.1 Å². The molecule has 0 aliphatic carbocycles. The van der Waals surface area contributed by atoms with Crippen molar-refractivity contribution in [2.24, 2.45) is 0 Å². The minimum absolute atomic E-state index is 0.147. The summed E-state index contributed by atoms with van der Waals surface area (Å²) >= 11 is 0. The number of aromatic amines is 1. The number of benzene rings is 2. The van der Waals surface area contributed by atoms with Gasteiger partial charge < -0.3 is 4.98 Å². The molecule has 0 radical (unpaired) electrons. The quantitative estimate of drug-likeness (QED) is 0.579. The third-order valence-electron chi connectivity index (χ3n) is 3.39. The van der Waals surface area contributed by atoms with E-state index in [0.29, 0.717) is 16.7 Å². The number of hydrogen-bond donors (Lipinski definition) is 1. The van der Waals surface area contributed by atoms with E-state index >= 15 is 0 Å². The van der Waals surface area contributed by atoms with Crippen molar-refractivity contribution in [3.8, 4) is 11.4 Å². The summed E-state index contributed by atoms with van der Waals surface area (Å²) in [5.41, 5.74) is 2.21. The van der Waals surface area contributed by atoms with Gasteiger partial charge in [0.05, 0.1) is 22.7 Å². The standard InChI is InChI=1S/C16H10N4O/c21-16-12-6-5-10(7-14(12)18-9-19-16)15-17-8-11-3-1-2-4-13(11)20-15/h1-9H,(H,18,19,21). The average Bonchev–Trinajstić information content (AvgIpc) is 2.54. The average molecular weight is 274 g/mol. The summed E-state index contributed by atoms with van der Waals surface area (Å²) in [7, 11) is 0. The molecule has 1 N–H and O–H groups in total. The van der Waals surface area contributed by atoms with Gasteiger partial charge >= 0.3 is 0 Å². The Labute approximate surface area is 119 Å². The van der Waals surface area contributed by atoms with Crippen LogP contribution in [0.3, 0.4) is 0 Å². The molecule has 4 rings (SSSR count). The number of nitrogens with one attached hydrogen (secondary N) is 1. The van der Waals surface area contributed by atoms with Gasteiger partial charge in [0.15, 0.2) is 5.82 Å². The van der Waals surface area contributed by atoms with Crippen LogP contribution in [0.4, 0.5) is 0 Å². The van der Waals surface area contributed by atoms with Crippen molar-refractivity contribution in [1.82, 2.24) is 19.9 Å². The third-order valence-corrected chi connectivity index (χ3v) is 3.39. The van der Waals surface area contributed by atoms with Crippen LogP contribution >= 0.6 is 0 Å². The molecular weight excluding hydrogens is 264 g/mol. The summed E-state index contributed by atoms with van der Waals surface area (Å²) in [5, 5.41) is 1.55. The highest BCUT2D eigenvalue weighted by Gasteiger charge is 2.06. The molecule has 0 bridgehead atoms. The minimum Gasteiger partial charge on any atom is -0.313 e. The number of nitrogens with zero attached hydrogens (tertiary/aromatic N) is 3. The first-order valence-electron chi connectivity index (χ1n) is 6.51. The van der Waals surface area contributed by atoms with Crippen LogP contribution < -0.4 is 5.56 Å². The Morgan fingerprint density at radius 3 is 2.81 bits per heavy atom. The van der Waals surface area contributed by atoms with Crippen molar-refractivity contribution in [2.75, 3.05) is 0 Å². The lowest BCUT2D eigenvalue weighted by molar-refractivity contribution is 1.17. The second-order valence-corrected chi connectivity index (χ2v) is 4.72. The Morgan fingerprint density at radius 1 is 0.952 bits per heavy atom. The molecule has 2 aromatic carbocycles. The fourth-order valence-corrected chi connectivity index (χ4v) is 2.32. The van der Waals surface area contributed by atoms with Crippen LogP contribution in [-0.2, 0) is 0 Å². The molecule has 5 nitrogen and oxygen atoms in total. The van der Waals surface area contributed by atoms with E-state index < -0.39 is 0 Å². The smallest absolute Gasteiger partial charge is 0.258 e. The number of fused-ring (bicyclic) bond motifs is 2. The highest BCUT2D eigenvalue weighted by atomic mass is 16.1. The first kappa shape index (κ1) is 11.7. The van der Waals surface area contributed by atoms with Crippen LogP contribution in [0.15, 0.2) is 59.8 Å². The lowest BCUT2D eigenvalue weighted by atomic mass is 10.1. The highest BCUT2D eigenvalue weighted by molar-refractivity contribution is 5.84. The molecule has 0 spiro atoms. The van der Waals surface area contributed by atoms with Gasteiger partial charge in [0.1, 0.15) is 0 Å². The summed E-state index contributed by atoms with van der Waals surface area (Å²) in [6.45, 7) is 0. The van der Waals surface area contributed by atoms with E-state index in [0.717, 1.165) is 16.5 Å². The highest BCUT2D eigenvalue weighted by Crippen LogP contribution is 2.20. The number of para-hydroxylation sites is 1. The van der Waals surface area contributed by atoms with Gasteiger partial charge in [-0.15, -0.1) is 0 Å². The molecule has 0 saturated heterocycles. The zero-order valence-electron chi connectivity index (χ0n) is 10.9. The maximum absolute atomic E-state index is 11.7. The Hall–Kier alpha value is -3.08. The molecular formula is C16H10N4O. The maximum atomic E-state index is 11.7. The Morgan fingerprint density at radius 2 is 1.86 bits per heavy atom. The van der Waals surface area contributed by atoms with E-state index in [1.165, 1.54) is 6.33 Å². The molecule has 0 fully saturated rings. The van der Waals surface area contributed by atoms with Crippen molar-refractivity contribution in [3.05, 3.63) is 65.3 Å². The summed E-state index contributed by atoms with van der Waals surface area (Å²) < 4.78 is 0. The van der Waals surface area contributed by atoms with Crippen LogP contribution in [0.5, 0.6) is 0 Å². The van der Waals surface area contributed by atoms with Crippen LogP contribution in [-0.4, -0.2) is 19.9 Å². The summed E-state index contributed by atoms with van der Waals surface area (Å²) in [6, 6.07) is 13.2. The van der Waals surface area contributed by atoms with Gasteiger partial charge in [0.2, 0.25) is 0 Å². The Balaban J connectivity index is 1.93. The van der Waals surface area contributed by atoms with Crippen molar-refractivity contribution in [3.63, 3.8) is 0 Å². The molecule has 2 aromatic heterocycles. The van der Waals surface area contributed by atoms with E-state index in [1.54, 1.807) is 12.3 Å². The topological polar surface area (TPSA) is 71.5 Å². The van der Waals surface area contributed by atoms with E-state index in [4.69, 9.17) is 0 Å². The van der Waals surface area contributed by atoms with Crippen LogP contribution in [0.1, 0.15) is 0 Å². The fourth-order valence-electron chi connectivity index (χ4n) is 2.32. The summed E-state index contributed by atoms with van der Waals surface area (Å²) in [4.78, 5) is 27.3. The van der Waals surface area contributed by atoms with E-state index in [2.05, 4.69) is 19.9 Å². The molecule has 5 heteroatoms. The molecule has 4 aromatic rings. The molecule has 0 amide bonds. The SMILES string of the molecule is O=c1[nH]cnc2cc(-c3ncc4ccccc4n3)ccc12. The molecule has 100 valence electrons. The first-order chi connectivity index (χ1) is 10.3. The van der Waals surface area contributed by atoms with Gasteiger partial charge in [-0.2, -0.15) is 0 Å². The monoisotopic (exact) mass is 274 g/mol. The molecule has 2 heterocycles. The van der Waals surface area contributed by atoms with Gasteiger partial charge in [-0.3, -0.25) is 4.79 Å². The zero-order chi connectivity index (χ0) is 14.2. The number of rotatable bonds is 1. The number of aromatic nitrogens is 4. The van der Waals surface area contributed by atoms with Crippen molar-refractivity contribution in [2.45, 2.75) is 0 Å². The van der Waals surface area contributed by atoms with Gasteiger partial charge in [0.25, 0.3) is 5.56 Å². The van der Waals surface area contributed by atoms with Gasteiger partial charge in [-0.25, -0.2) is 15.0 Å². The van der Waals surface area contributed by atoms with Crippen LogP contribution in [0.25, 0.3) is 33.2 Å². The molecule has 0 saturated carbocycles. The van der Waals surface area contributed by atoms with Crippen molar-refractivity contribution in [1.29, 1.82) is 0 Å². The fraction of sp³-hybridized carbons (Fsp3) is 0. The molecule has 0 unspecified atom stereocenters. The predicted molar refractivity (Wildman–Crippen MR) is 80.9 cm³/mol. The number of H-pyrrole nitrogens is 1. The molecule has 0 aliphatic heterocycles. The molecule has 21 heavy (non-hydrogen) atoms. The Kier molecular flexibility index (Phi) is 2.50. The lowest BCUT2D eigenvalue weighted by Crippen LogP contribution is -2.06. The minimum atomic E-state index is -0.147. The lowest BCUT2D eigenvalue weighted by Gasteiger charge is -2.03. The van der Waals surface area contributed by atoms with Crippen molar-refractivity contribution >= 4 is 21.8 Å². The third kappa shape index (κ3) is 1.95. The van der Waals surface area contributed by atoms with E-state index in [9.17, 15) is 4.79 Å². The Bertz CT molecular complexity index is 1020.